The molecule has 0 aliphatic heterocycles. The molecule has 0 atom stereocenters. The van der Waals surface area contributed by atoms with Crippen molar-refractivity contribution in [2.75, 3.05) is 0 Å². The van der Waals surface area contributed by atoms with Crippen LogP contribution in [0.15, 0.2) is 146 Å². The highest BCUT2D eigenvalue weighted by Crippen LogP contribution is 2.45. The van der Waals surface area contributed by atoms with Crippen molar-refractivity contribution in [1.29, 1.82) is 0 Å². The molecule has 1 fully saturated rings. The molecule has 6 aromatic rings. The average Bonchev–Trinajstić information content (AvgIpc) is 3.12. The molecule has 0 spiro atoms. The molecule has 0 radical (unpaired) electrons. The maximum Gasteiger partial charge on any atom is 0.127 e. The highest BCUT2D eigenvalue weighted by atomic mass is 16.5. The molecular weight excluding hydrogens is 593 g/mol. The summed E-state index contributed by atoms with van der Waals surface area (Å²) in [6.45, 7) is 12.7. The van der Waals surface area contributed by atoms with E-state index in [1.165, 1.54) is 87.7 Å². The van der Waals surface area contributed by atoms with E-state index in [2.05, 4.69) is 139 Å². The standard InChI is InChI=1S/C20H24.C14H14O.C14H14/c1-16-6-10-18(11-7-16)20(14-4-3-5-15-20)19-12-8-17(2)9-13-19;1-11-3-7-13(8-4-11)15-14-9-5-12(2)6-10-14;1-11-3-7-13(8-4-11)14-9-5-12(2)6-10-14/h6-13H,3-5,14-15H2,1-2H3;3-10H,1-2H3;3-10H,1-2H3. The molecule has 0 unspecified atom stereocenters. The molecule has 7 rings (SSSR count). The van der Waals surface area contributed by atoms with Crippen molar-refractivity contribution < 1.29 is 4.74 Å². The third-order valence-electron chi connectivity index (χ3n) is 9.63. The molecule has 1 saturated carbocycles. The lowest BCUT2D eigenvalue weighted by Gasteiger charge is -2.38. The minimum atomic E-state index is 0.250. The van der Waals surface area contributed by atoms with E-state index >= 15 is 0 Å². The third kappa shape index (κ3) is 10.1. The van der Waals surface area contributed by atoms with Gasteiger partial charge in [0.2, 0.25) is 0 Å². The summed E-state index contributed by atoms with van der Waals surface area (Å²) in [7, 11) is 0. The Morgan fingerprint density at radius 2 is 0.592 bits per heavy atom. The first-order valence-corrected chi connectivity index (χ1v) is 17.8. The molecule has 0 N–H and O–H groups in total. The van der Waals surface area contributed by atoms with Crippen LogP contribution >= 0.6 is 0 Å². The van der Waals surface area contributed by atoms with E-state index in [-0.39, 0.29) is 5.41 Å². The quantitative estimate of drug-likeness (QED) is 0.181. The SMILES string of the molecule is Cc1ccc(-c2ccc(C)cc2)cc1.Cc1ccc(C2(c3ccc(C)cc3)CCCCC2)cc1.Cc1ccc(Oc2ccc(C)cc2)cc1. The van der Waals surface area contributed by atoms with Gasteiger partial charge in [0.15, 0.2) is 0 Å². The van der Waals surface area contributed by atoms with Gasteiger partial charge in [0.1, 0.15) is 11.5 Å². The summed E-state index contributed by atoms with van der Waals surface area (Å²) in [6.07, 6.45) is 6.67. The fourth-order valence-electron chi connectivity index (χ4n) is 6.49. The highest BCUT2D eigenvalue weighted by Gasteiger charge is 2.35. The molecule has 1 aliphatic rings. The molecule has 1 heteroatoms. The van der Waals surface area contributed by atoms with Crippen molar-refractivity contribution in [3.63, 3.8) is 0 Å². The summed E-state index contributed by atoms with van der Waals surface area (Å²) in [4.78, 5) is 0. The lowest BCUT2D eigenvalue weighted by molar-refractivity contribution is 0.346. The minimum Gasteiger partial charge on any atom is -0.457 e. The van der Waals surface area contributed by atoms with Crippen LogP contribution in [0.4, 0.5) is 0 Å². The average molecular weight is 645 g/mol. The molecule has 1 aliphatic carbocycles. The monoisotopic (exact) mass is 644 g/mol. The Morgan fingerprint density at radius 1 is 0.327 bits per heavy atom. The molecule has 1 nitrogen and oxygen atoms in total. The van der Waals surface area contributed by atoms with Crippen LogP contribution in [0.1, 0.15) is 76.6 Å². The molecule has 0 amide bonds. The zero-order valence-corrected chi connectivity index (χ0v) is 30.3. The Labute approximate surface area is 295 Å². The van der Waals surface area contributed by atoms with Gasteiger partial charge in [0.05, 0.1) is 0 Å². The molecular formula is C48H52O. The molecule has 0 saturated heterocycles. The number of aryl methyl sites for hydroxylation is 6. The summed E-state index contributed by atoms with van der Waals surface area (Å²) < 4.78 is 5.69. The van der Waals surface area contributed by atoms with Crippen LogP contribution in [-0.2, 0) is 5.41 Å². The molecule has 49 heavy (non-hydrogen) atoms. The fourth-order valence-corrected chi connectivity index (χ4v) is 6.49. The van der Waals surface area contributed by atoms with Gasteiger partial charge in [-0.2, -0.15) is 0 Å². The van der Waals surface area contributed by atoms with E-state index in [4.69, 9.17) is 4.74 Å². The Morgan fingerprint density at radius 3 is 0.898 bits per heavy atom. The van der Waals surface area contributed by atoms with Crippen molar-refractivity contribution in [3.05, 3.63) is 190 Å². The van der Waals surface area contributed by atoms with Gasteiger partial charge in [-0.05, 0) is 101 Å². The Kier molecular flexibility index (Phi) is 12.3. The van der Waals surface area contributed by atoms with Gasteiger partial charge in [-0.15, -0.1) is 0 Å². The number of ether oxygens (including phenoxy) is 1. The molecule has 0 heterocycles. The van der Waals surface area contributed by atoms with Crippen molar-refractivity contribution in [1.82, 2.24) is 0 Å². The fraction of sp³-hybridized carbons (Fsp3) is 0.250. The third-order valence-corrected chi connectivity index (χ3v) is 9.63. The molecule has 250 valence electrons. The number of hydrogen-bond donors (Lipinski definition) is 0. The van der Waals surface area contributed by atoms with Gasteiger partial charge < -0.3 is 4.74 Å². The summed E-state index contributed by atoms with van der Waals surface area (Å²) in [6, 6.07) is 51.8. The maximum atomic E-state index is 5.69. The normalized spacial score (nSPS) is 13.3. The van der Waals surface area contributed by atoms with E-state index in [0.717, 1.165) is 11.5 Å². The number of benzene rings is 6. The van der Waals surface area contributed by atoms with E-state index in [1.807, 2.05) is 48.5 Å². The first kappa shape index (κ1) is 35.4. The lowest BCUT2D eigenvalue weighted by Crippen LogP contribution is -2.30. The second kappa shape index (κ2) is 17.0. The Balaban J connectivity index is 0.000000146. The number of rotatable bonds is 5. The predicted octanol–water partition coefficient (Wildman–Crippen LogP) is 13.6. The Hall–Kier alpha value is -4.88. The van der Waals surface area contributed by atoms with E-state index in [0.29, 0.717) is 0 Å². The molecule has 6 aromatic carbocycles. The maximum absolute atomic E-state index is 5.69. The van der Waals surface area contributed by atoms with Crippen LogP contribution < -0.4 is 4.74 Å². The zero-order chi connectivity index (χ0) is 34.6. The lowest BCUT2D eigenvalue weighted by atomic mass is 9.65. The smallest absolute Gasteiger partial charge is 0.127 e. The highest BCUT2D eigenvalue weighted by molar-refractivity contribution is 5.63. The zero-order valence-electron chi connectivity index (χ0n) is 30.3. The van der Waals surface area contributed by atoms with Gasteiger partial charge >= 0.3 is 0 Å². The van der Waals surface area contributed by atoms with Crippen LogP contribution in [-0.4, -0.2) is 0 Å². The van der Waals surface area contributed by atoms with Crippen molar-refractivity contribution in [2.45, 2.75) is 79.1 Å². The summed E-state index contributed by atoms with van der Waals surface area (Å²) >= 11 is 0. The van der Waals surface area contributed by atoms with Crippen LogP contribution in [0.2, 0.25) is 0 Å². The summed E-state index contributed by atoms with van der Waals surface area (Å²) in [5.41, 5.74) is 13.6. The first-order valence-electron chi connectivity index (χ1n) is 17.8. The number of hydrogen-bond acceptors (Lipinski definition) is 1. The molecule has 0 bridgehead atoms. The van der Waals surface area contributed by atoms with E-state index in [9.17, 15) is 0 Å². The van der Waals surface area contributed by atoms with Crippen molar-refractivity contribution in [3.8, 4) is 22.6 Å². The predicted molar refractivity (Wildman–Crippen MR) is 210 cm³/mol. The van der Waals surface area contributed by atoms with Crippen LogP contribution in [0, 0.1) is 41.5 Å². The van der Waals surface area contributed by atoms with Gasteiger partial charge in [-0.3, -0.25) is 0 Å². The Bertz CT molecular complexity index is 1700. The first-order chi connectivity index (χ1) is 23.7. The second-order valence-corrected chi connectivity index (χ2v) is 13.8. The second-order valence-electron chi connectivity index (χ2n) is 13.8. The van der Waals surface area contributed by atoms with Crippen LogP contribution in [0.25, 0.3) is 11.1 Å². The van der Waals surface area contributed by atoms with Gasteiger partial charge in [0.25, 0.3) is 0 Å². The van der Waals surface area contributed by atoms with Crippen LogP contribution in [0.5, 0.6) is 11.5 Å². The van der Waals surface area contributed by atoms with Gasteiger partial charge in [0, 0.05) is 5.41 Å². The summed E-state index contributed by atoms with van der Waals surface area (Å²) in [5, 5.41) is 0. The van der Waals surface area contributed by atoms with Gasteiger partial charge in [-0.1, -0.05) is 174 Å². The van der Waals surface area contributed by atoms with Crippen LogP contribution in [0.3, 0.4) is 0 Å². The largest absolute Gasteiger partial charge is 0.457 e. The minimum absolute atomic E-state index is 0.250. The van der Waals surface area contributed by atoms with Crippen molar-refractivity contribution in [2.24, 2.45) is 0 Å². The van der Waals surface area contributed by atoms with Gasteiger partial charge in [-0.25, -0.2) is 0 Å². The topological polar surface area (TPSA) is 9.23 Å². The van der Waals surface area contributed by atoms with Crippen molar-refractivity contribution >= 4 is 0 Å². The van der Waals surface area contributed by atoms with E-state index in [1.54, 1.807) is 0 Å². The molecule has 0 aromatic heterocycles. The van der Waals surface area contributed by atoms with E-state index < -0.39 is 0 Å². The summed E-state index contributed by atoms with van der Waals surface area (Å²) in [5.74, 6) is 1.76.